The number of rotatable bonds is 6. The summed E-state index contributed by atoms with van der Waals surface area (Å²) in [6.45, 7) is 4.63. The predicted molar refractivity (Wildman–Crippen MR) is 87.4 cm³/mol. The van der Waals surface area contributed by atoms with E-state index in [1.165, 1.54) is 4.31 Å². The van der Waals surface area contributed by atoms with Crippen molar-refractivity contribution in [2.75, 3.05) is 13.7 Å². The van der Waals surface area contributed by atoms with Gasteiger partial charge in [0.05, 0.1) is 12.0 Å². The molecule has 0 aliphatic carbocycles. The Hall–Kier alpha value is -1.85. The van der Waals surface area contributed by atoms with Crippen molar-refractivity contribution in [2.24, 2.45) is 0 Å². The van der Waals surface area contributed by atoms with Crippen molar-refractivity contribution in [3.63, 3.8) is 0 Å². The number of nitrogens with zero attached hydrogens (tertiary/aromatic N) is 1. The zero-order chi connectivity index (χ0) is 16.2. The number of benzene rings is 2. The second-order valence-corrected chi connectivity index (χ2v) is 7.03. The largest absolute Gasteiger partial charge is 0.497 e. The second kappa shape index (κ2) is 6.94. The van der Waals surface area contributed by atoms with Crippen molar-refractivity contribution >= 4 is 10.0 Å². The molecule has 0 aliphatic heterocycles. The van der Waals surface area contributed by atoms with Crippen LogP contribution in [0.15, 0.2) is 53.4 Å². The monoisotopic (exact) mass is 319 g/mol. The molecule has 2 aromatic carbocycles. The SMILES string of the molecule is CCN(Cc1cccc(C)c1)S(=O)(=O)c1ccc(OC)cc1. The van der Waals surface area contributed by atoms with Gasteiger partial charge in [-0.05, 0) is 36.8 Å². The van der Waals surface area contributed by atoms with Crippen molar-refractivity contribution in [1.29, 1.82) is 0 Å². The van der Waals surface area contributed by atoms with E-state index in [1.54, 1.807) is 31.4 Å². The quantitative estimate of drug-likeness (QED) is 0.821. The van der Waals surface area contributed by atoms with Gasteiger partial charge in [-0.1, -0.05) is 36.8 Å². The third kappa shape index (κ3) is 3.67. The number of methoxy groups -OCH3 is 1. The van der Waals surface area contributed by atoms with Gasteiger partial charge in [0.2, 0.25) is 10.0 Å². The zero-order valence-corrected chi connectivity index (χ0v) is 13.9. The van der Waals surface area contributed by atoms with Crippen LogP contribution in [0.4, 0.5) is 0 Å². The maximum Gasteiger partial charge on any atom is 0.243 e. The van der Waals surface area contributed by atoms with Crippen LogP contribution in [0.25, 0.3) is 0 Å². The maximum atomic E-state index is 12.7. The van der Waals surface area contributed by atoms with E-state index in [4.69, 9.17) is 4.74 Å². The van der Waals surface area contributed by atoms with Crippen LogP contribution in [-0.2, 0) is 16.6 Å². The molecule has 0 saturated carbocycles. The van der Waals surface area contributed by atoms with Gasteiger partial charge in [0.15, 0.2) is 0 Å². The van der Waals surface area contributed by atoms with Gasteiger partial charge >= 0.3 is 0 Å². The lowest BCUT2D eigenvalue weighted by Gasteiger charge is -2.21. The van der Waals surface area contributed by atoms with Crippen molar-refractivity contribution in [1.82, 2.24) is 4.31 Å². The van der Waals surface area contributed by atoms with E-state index in [1.807, 2.05) is 38.1 Å². The molecule has 0 bridgehead atoms. The topological polar surface area (TPSA) is 46.6 Å². The highest BCUT2D eigenvalue weighted by atomic mass is 32.2. The Bertz CT molecular complexity index is 724. The van der Waals surface area contributed by atoms with Crippen LogP contribution in [0, 0.1) is 6.92 Å². The minimum absolute atomic E-state index is 0.280. The van der Waals surface area contributed by atoms with Gasteiger partial charge < -0.3 is 4.74 Å². The first-order valence-electron chi connectivity index (χ1n) is 7.17. The fourth-order valence-electron chi connectivity index (χ4n) is 2.28. The number of ether oxygens (including phenoxy) is 1. The van der Waals surface area contributed by atoms with Gasteiger partial charge in [0.25, 0.3) is 0 Å². The standard InChI is InChI=1S/C17H21NO3S/c1-4-18(13-15-7-5-6-14(2)12-15)22(19,20)17-10-8-16(21-3)9-11-17/h5-12H,4,13H2,1-3H3. The molecule has 2 aromatic rings. The minimum Gasteiger partial charge on any atom is -0.497 e. The average molecular weight is 319 g/mol. The average Bonchev–Trinajstić information content (AvgIpc) is 2.52. The van der Waals surface area contributed by atoms with Crippen LogP contribution in [0.1, 0.15) is 18.1 Å². The van der Waals surface area contributed by atoms with Gasteiger partial charge in [-0.25, -0.2) is 8.42 Å². The lowest BCUT2D eigenvalue weighted by molar-refractivity contribution is 0.413. The van der Waals surface area contributed by atoms with Crippen LogP contribution in [0.2, 0.25) is 0 Å². The summed E-state index contributed by atoms with van der Waals surface area (Å²) < 4.78 is 32.0. The van der Waals surface area contributed by atoms with E-state index in [9.17, 15) is 8.42 Å². The summed E-state index contributed by atoms with van der Waals surface area (Å²) in [7, 11) is -1.95. The van der Waals surface area contributed by atoms with Gasteiger partial charge in [0, 0.05) is 13.1 Å². The summed E-state index contributed by atoms with van der Waals surface area (Å²) in [4.78, 5) is 0.280. The fraction of sp³-hybridized carbons (Fsp3) is 0.294. The smallest absolute Gasteiger partial charge is 0.243 e. The van der Waals surface area contributed by atoms with Gasteiger partial charge in [-0.3, -0.25) is 0 Å². The first kappa shape index (κ1) is 16.5. The lowest BCUT2D eigenvalue weighted by atomic mass is 10.1. The molecule has 0 aliphatic rings. The summed E-state index contributed by atoms with van der Waals surface area (Å²) in [5.41, 5.74) is 2.11. The number of hydrogen-bond donors (Lipinski definition) is 0. The molecule has 2 rings (SSSR count). The van der Waals surface area contributed by atoms with E-state index in [0.29, 0.717) is 18.8 Å². The Morgan fingerprint density at radius 2 is 1.77 bits per heavy atom. The highest BCUT2D eigenvalue weighted by Gasteiger charge is 2.23. The highest BCUT2D eigenvalue weighted by molar-refractivity contribution is 7.89. The Morgan fingerprint density at radius 3 is 2.32 bits per heavy atom. The molecular weight excluding hydrogens is 298 g/mol. The van der Waals surface area contributed by atoms with Crippen molar-refractivity contribution in [2.45, 2.75) is 25.3 Å². The van der Waals surface area contributed by atoms with E-state index >= 15 is 0 Å². The minimum atomic E-state index is -3.51. The summed E-state index contributed by atoms with van der Waals surface area (Å²) >= 11 is 0. The molecule has 0 amide bonds. The molecule has 118 valence electrons. The molecule has 0 radical (unpaired) electrons. The van der Waals surface area contributed by atoms with Crippen molar-refractivity contribution < 1.29 is 13.2 Å². The Labute approximate surface area is 132 Å². The van der Waals surface area contributed by atoms with Gasteiger partial charge in [-0.15, -0.1) is 0 Å². The van der Waals surface area contributed by atoms with E-state index in [-0.39, 0.29) is 4.90 Å². The third-order valence-electron chi connectivity index (χ3n) is 3.49. The summed E-state index contributed by atoms with van der Waals surface area (Å²) in [5.74, 6) is 0.640. The Balaban J connectivity index is 2.27. The lowest BCUT2D eigenvalue weighted by Crippen LogP contribution is -2.30. The molecule has 4 nitrogen and oxygen atoms in total. The fourth-order valence-corrected chi connectivity index (χ4v) is 3.71. The molecule has 0 aromatic heterocycles. The van der Waals surface area contributed by atoms with Gasteiger partial charge in [-0.2, -0.15) is 4.31 Å². The molecule has 0 heterocycles. The number of hydrogen-bond acceptors (Lipinski definition) is 3. The summed E-state index contributed by atoms with van der Waals surface area (Å²) in [6.07, 6.45) is 0. The molecule has 0 spiro atoms. The predicted octanol–water partition coefficient (Wildman–Crippen LogP) is 3.21. The summed E-state index contributed by atoms with van der Waals surface area (Å²) in [5, 5.41) is 0. The molecule has 0 atom stereocenters. The van der Waals surface area contributed by atoms with Gasteiger partial charge in [0.1, 0.15) is 5.75 Å². The maximum absolute atomic E-state index is 12.7. The van der Waals surface area contributed by atoms with Crippen LogP contribution in [0.5, 0.6) is 5.75 Å². The first-order valence-corrected chi connectivity index (χ1v) is 8.61. The van der Waals surface area contributed by atoms with E-state index < -0.39 is 10.0 Å². The first-order chi connectivity index (χ1) is 10.5. The molecule has 0 unspecified atom stereocenters. The Morgan fingerprint density at radius 1 is 1.09 bits per heavy atom. The third-order valence-corrected chi connectivity index (χ3v) is 5.43. The van der Waals surface area contributed by atoms with Crippen LogP contribution in [0.3, 0.4) is 0 Å². The highest BCUT2D eigenvalue weighted by Crippen LogP contribution is 2.21. The molecular formula is C17H21NO3S. The zero-order valence-electron chi connectivity index (χ0n) is 13.1. The normalized spacial score (nSPS) is 11.6. The molecule has 0 N–H and O–H groups in total. The van der Waals surface area contributed by atoms with E-state index in [2.05, 4.69) is 0 Å². The van der Waals surface area contributed by atoms with Crippen molar-refractivity contribution in [3.05, 3.63) is 59.7 Å². The van der Waals surface area contributed by atoms with Crippen LogP contribution < -0.4 is 4.74 Å². The molecule has 22 heavy (non-hydrogen) atoms. The molecule has 5 heteroatoms. The second-order valence-electron chi connectivity index (χ2n) is 5.10. The summed E-state index contributed by atoms with van der Waals surface area (Å²) in [6, 6.07) is 14.4. The Kier molecular flexibility index (Phi) is 5.21. The van der Waals surface area contributed by atoms with E-state index in [0.717, 1.165) is 11.1 Å². The van der Waals surface area contributed by atoms with Crippen LogP contribution in [-0.4, -0.2) is 26.4 Å². The molecule has 0 saturated heterocycles. The van der Waals surface area contributed by atoms with Crippen LogP contribution >= 0.6 is 0 Å². The number of sulfonamides is 1. The molecule has 0 fully saturated rings. The number of aryl methyl sites for hydroxylation is 1. The van der Waals surface area contributed by atoms with Crippen molar-refractivity contribution in [3.8, 4) is 5.75 Å².